The van der Waals surface area contributed by atoms with Crippen LogP contribution in [0.1, 0.15) is 62.4 Å². The maximum atomic E-state index is 12.8. The smallest absolute Gasteiger partial charge is 0.164 e. The van der Waals surface area contributed by atoms with Gasteiger partial charge in [-0.1, -0.05) is 32.9 Å². The zero-order valence-corrected chi connectivity index (χ0v) is 18.7. The molecule has 5 heteroatoms. The van der Waals surface area contributed by atoms with Crippen molar-refractivity contribution in [2.45, 2.75) is 52.9 Å². The molecule has 0 aliphatic carbocycles. The van der Waals surface area contributed by atoms with Crippen LogP contribution in [0, 0.1) is 0 Å². The first-order valence-electron chi connectivity index (χ1n) is 10.8. The predicted octanol–water partition coefficient (Wildman–Crippen LogP) is 5.88. The molecule has 0 spiro atoms. The molecule has 0 radical (unpaired) electrons. The highest BCUT2D eigenvalue weighted by Crippen LogP contribution is 2.37. The van der Waals surface area contributed by atoms with Crippen LogP contribution in [0.5, 0.6) is 23.0 Å². The molecule has 30 heavy (non-hydrogen) atoms. The number of Topliss-reactive ketones (excluding diaryl/α,β-unsaturated/α-hetero) is 1. The van der Waals surface area contributed by atoms with Gasteiger partial charge in [-0.2, -0.15) is 0 Å². The zero-order chi connectivity index (χ0) is 21.8. The fourth-order valence-corrected chi connectivity index (χ4v) is 3.01. The summed E-state index contributed by atoms with van der Waals surface area (Å²) in [5.74, 6) is 2.85. The minimum Gasteiger partial charge on any atom is -0.494 e. The first-order valence-corrected chi connectivity index (χ1v) is 10.8. The third kappa shape index (κ3) is 6.97. The van der Waals surface area contributed by atoms with E-state index in [0.29, 0.717) is 49.7 Å². The Morgan fingerprint density at radius 1 is 0.833 bits per heavy atom. The molecule has 2 aromatic rings. The molecule has 0 aromatic heterocycles. The summed E-state index contributed by atoms with van der Waals surface area (Å²) in [6.45, 7) is 8.03. The third-order valence-corrected chi connectivity index (χ3v) is 4.50. The van der Waals surface area contributed by atoms with Crippen LogP contribution in [-0.2, 0) is 6.42 Å². The molecule has 0 bridgehead atoms. The molecule has 0 unspecified atom stereocenters. The first-order chi connectivity index (χ1) is 14.6. The molecule has 2 aromatic carbocycles. The quantitative estimate of drug-likeness (QED) is 0.362. The van der Waals surface area contributed by atoms with Gasteiger partial charge in [0, 0.05) is 23.6 Å². The van der Waals surface area contributed by atoms with E-state index in [4.69, 9.17) is 18.9 Å². The maximum absolute atomic E-state index is 12.8. The minimum atomic E-state index is 0.0669. The summed E-state index contributed by atoms with van der Waals surface area (Å²) in [6, 6.07) is 11.2. The van der Waals surface area contributed by atoms with Gasteiger partial charge in [-0.25, -0.2) is 0 Å². The Morgan fingerprint density at radius 2 is 1.50 bits per heavy atom. The average molecular weight is 415 g/mol. The zero-order valence-electron chi connectivity index (χ0n) is 18.7. The lowest BCUT2D eigenvalue weighted by atomic mass is 10.0. The van der Waals surface area contributed by atoms with E-state index in [-0.39, 0.29) is 5.78 Å². The Kier molecular flexibility index (Phi) is 10.1. The third-order valence-electron chi connectivity index (χ3n) is 4.50. The Hall–Kier alpha value is -2.69. The van der Waals surface area contributed by atoms with Crippen molar-refractivity contribution in [1.82, 2.24) is 0 Å². The Balaban J connectivity index is 2.19. The second kappa shape index (κ2) is 12.8. The molecule has 0 N–H and O–H groups in total. The van der Waals surface area contributed by atoms with Crippen molar-refractivity contribution in [1.29, 1.82) is 0 Å². The normalized spacial score (nSPS) is 10.5. The van der Waals surface area contributed by atoms with Crippen molar-refractivity contribution in [3.8, 4) is 23.0 Å². The van der Waals surface area contributed by atoms with Crippen LogP contribution >= 0.6 is 0 Å². The van der Waals surface area contributed by atoms with Gasteiger partial charge in [-0.3, -0.25) is 4.79 Å². The number of hydrogen-bond donors (Lipinski definition) is 0. The number of ketones is 1. The Morgan fingerprint density at radius 3 is 2.17 bits per heavy atom. The van der Waals surface area contributed by atoms with Crippen LogP contribution in [0.3, 0.4) is 0 Å². The van der Waals surface area contributed by atoms with Crippen molar-refractivity contribution in [2.75, 3.05) is 26.9 Å². The number of benzene rings is 2. The summed E-state index contributed by atoms with van der Waals surface area (Å²) in [6.07, 6.45) is 3.63. The highest BCUT2D eigenvalue weighted by molar-refractivity contribution is 5.96. The van der Waals surface area contributed by atoms with Crippen molar-refractivity contribution >= 4 is 5.78 Å². The van der Waals surface area contributed by atoms with E-state index in [1.54, 1.807) is 7.11 Å². The second-order valence-electron chi connectivity index (χ2n) is 7.11. The van der Waals surface area contributed by atoms with Crippen molar-refractivity contribution < 1.29 is 23.7 Å². The van der Waals surface area contributed by atoms with Crippen molar-refractivity contribution in [2.24, 2.45) is 0 Å². The van der Waals surface area contributed by atoms with Crippen LogP contribution in [0.2, 0.25) is 0 Å². The molecule has 0 saturated heterocycles. The topological polar surface area (TPSA) is 54.0 Å². The molecule has 0 aliphatic heterocycles. The number of carbonyl (C=O) groups is 1. The molecule has 0 fully saturated rings. The van der Waals surface area contributed by atoms with E-state index < -0.39 is 0 Å². The summed E-state index contributed by atoms with van der Waals surface area (Å²) in [5.41, 5.74) is 1.57. The van der Waals surface area contributed by atoms with Crippen LogP contribution < -0.4 is 18.9 Å². The number of ether oxygens (including phenoxy) is 4. The summed E-state index contributed by atoms with van der Waals surface area (Å²) in [4.78, 5) is 12.8. The number of rotatable bonds is 14. The van der Waals surface area contributed by atoms with Crippen LogP contribution in [0.15, 0.2) is 36.4 Å². The van der Waals surface area contributed by atoms with E-state index in [1.807, 2.05) is 36.4 Å². The maximum Gasteiger partial charge on any atom is 0.164 e. The molecule has 0 heterocycles. The van der Waals surface area contributed by atoms with E-state index >= 15 is 0 Å². The molecule has 2 rings (SSSR count). The van der Waals surface area contributed by atoms with E-state index in [9.17, 15) is 4.79 Å². The second-order valence-corrected chi connectivity index (χ2v) is 7.11. The molecule has 0 saturated carbocycles. The minimum absolute atomic E-state index is 0.0669. The van der Waals surface area contributed by atoms with E-state index in [2.05, 4.69) is 20.8 Å². The van der Waals surface area contributed by atoms with Crippen LogP contribution in [-0.4, -0.2) is 32.7 Å². The number of methoxy groups -OCH3 is 1. The standard InChI is InChI=1S/C25H34O5/c1-5-13-28-21-10-8-9-19(16-21)23(26)12-11-20-17-22(29-14-6-2)18-24(27-4)25(20)30-15-7-3/h8-10,16-18H,5-7,11-15H2,1-4H3. The fraction of sp³-hybridized carbons (Fsp3) is 0.480. The van der Waals surface area contributed by atoms with Gasteiger partial charge in [-0.05, 0) is 43.9 Å². The summed E-state index contributed by atoms with van der Waals surface area (Å²) < 4.78 is 23.0. The van der Waals surface area contributed by atoms with Crippen LogP contribution in [0.4, 0.5) is 0 Å². The van der Waals surface area contributed by atoms with Gasteiger partial charge >= 0.3 is 0 Å². The molecule has 0 amide bonds. The Bertz CT molecular complexity index is 800. The lowest BCUT2D eigenvalue weighted by Crippen LogP contribution is -2.06. The van der Waals surface area contributed by atoms with E-state index in [1.165, 1.54) is 0 Å². The highest BCUT2D eigenvalue weighted by Gasteiger charge is 2.16. The van der Waals surface area contributed by atoms with Gasteiger partial charge in [0.15, 0.2) is 17.3 Å². The number of carbonyl (C=O) groups excluding carboxylic acids is 1. The number of aryl methyl sites for hydroxylation is 1. The largest absolute Gasteiger partial charge is 0.494 e. The van der Waals surface area contributed by atoms with E-state index in [0.717, 1.165) is 36.3 Å². The molecule has 5 nitrogen and oxygen atoms in total. The van der Waals surface area contributed by atoms with Crippen molar-refractivity contribution in [3.05, 3.63) is 47.5 Å². The molecule has 0 aliphatic rings. The predicted molar refractivity (Wildman–Crippen MR) is 119 cm³/mol. The fourth-order valence-electron chi connectivity index (χ4n) is 3.01. The van der Waals surface area contributed by atoms with Gasteiger partial charge in [0.05, 0.1) is 26.9 Å². The summed E-state index contributed by atoms with van der Waals surface area (Å²) >= 11 is 0. The first kappa shape index (κ1) is 23.6. The SMILES string of the molecule is CCCOc1cccc(C(=O)CCc2cc(OCCC)cc(OC)c2OCCC)c1. The van der Waals surface area contributed by atoms with Gasteiger partial charge in [0.2, 0.25) is 0 Å². The lowest BCUT2D eigenvalue weighted by molar-refractivity contribution is 0.0982. The number of hydrogen-bond acceptors (Lipinski definition) is 5. The van der Waals surface area contributed by atoms with Crippen LogP contribution in [0.25, 0.3) is 0 Å². The highest BCUT2D eigenvalue weighted by atomic mass is 16.5. The van der Waals surface area contributed by atoms with Crippen molar-refractivity contribution in [3.63, 3.8) is 0 Å². The monoisotopic (exact) mass is 414 g/mol. The molecule has 164 valence electrons. The van der Waals surface area contributed by atoms with Gasteiger partial charge in [0.25, 0.3) is 0 Å². The van der Waals surface area contributed by atoms with Gasteiger partial charge < -0.3 is 18.9 Å². The molecular formula is C25H34O5. The summed E-state index contributed by atoms with van der Waals surface area (Å²) in [7, 11) is 1.62. The summed E-state index contributed by atoms with van der Waals surface area (Å²) in [5, 5.41) is 0. The lowest BCUT2D eigenvalue weighted by Gasteiger charge is -2.17. The average Bonchev–Trinajstić information content (AvgIpc) is 2.78. The van der Waals surface area contributed by atoms with Gasteiger partial charge in [-0.15, -0.1) is 0 Å². The Labute approximate surface area is 180 Å². The molecular weight excluding hydrogens is 380 g/mol. The molecule has 0 atom stereocenters. The van der Waals surface area contributed by atoms with Gasteiger partial charge in [0.1, 0.15) is 11.5 Å².